The Morgan fingerprint density at radius 2 is 1.84 bits per heavy atom. The molecule has 1 fully saturated rings. The summed E-state index contributed by atoms with van der Waals surface area (Å²) in [5.41, 5.74) is 2.92. The van der Waals surface area contributed by atoms with E-state index in [1.165, 1.54) is 25.5 Å². The highest BCUT2D eigenvalue weighted by Crippen LogP contribution is 2.27. The van der Waals surface area contributed by atoms with Gasteiger partial charge in [0.2, 0.25) is 0 Å². The lowest BCUT2D eigenvalue weighted by Gasteiger charge is -2.23. The van der Waals surface area contributed by atoms with Crippen molar-refractivity contribution in [2.75, 3.05) is 12.8 Å². The van der Waals surface area contributed by atoms with Crippen LogP contribution >= 0.6 is 0 Å². The van der Waals surface area contributed by atoms with Crippen molar-refractivity contribution in [2.24, 2.45) is 0 Å². The van der Waals surface area contributed by atoms with Gasteiger partial charge in [0, 0.05) is 12.3 Å². The zero-order valence-electron chi connectivity index (χ0n) is 14.5. The van der Waals surface area contributed by atoms with Crippen LogP contribution in [0.2, 0.25) is 0 Å². The van der Waals surface area contributed by atoms with Gasteiger partial charge in [-0.25, -0.2) is 8.42 Å². The number of benzene rings is 2. The Morgan fingerprint density at radius 1 is 1.08 bits per heavy atom. The molecule has 0 bridgehead atoms. The van der Waals surface area contributed by atoms with Crippen molar-refractivity contribution in [3.05, 3.63) is 48.0 Å². The highest BCUT2D eigenvalue weighted by molar-refractivity contribution is 7.90. The molecule has 0 spiro atoms. The van der Waals surface area contributed by atoms with Crippen molar-refractivity contribution in [2.45, 2.75) is 43.0 Å². The van der Waals surface area contributed by atoms with Gasteiger partial charge in [-0.2, -0.15) is 0 Å². The number of aryl methyl sites for hydroxylation is 1. The van der Waals surface area contributed by atoms with Crippen LogP contribution in [0.3, 0.4) is 0 Å². The van der Waals surface area contributed by atoms with Crippen LogP contribution in [0, 0.1) is 0 Å². The number of hydrogen-bond donors (Lipinski definition) is 2. The minimum atomic E-state index is -3.20. The zero-order valence-corrected chi connectivity index (χ0v) is 15.3. The molecular formula is C20H25NO3S. The lowest BCUT2D eigenvalue weighted by molar-refractivity contribution is 0.382. The minimum absolute atomic E-state index is 0.247. The van der Waals surface area contributed by atoms with Crippen molar-refractivity contribution < 1.29 is 13.5 Å². The number of nitrogens with one attached hydrogen (secondary N) is 1. The van der Waals surface area contributed by atoms with Gasteiger partial charge in [-0.15, -0.1) is 0 Å². The molecule has 4 nitrogen and oxygen atoms in total. The molecular weight excluding hydrogens is 334 g/mol. The highest BCUT2D eigenvalue weighted by atomic mass is 32.2. The van der Waals surface area contributed by atoms with Crippen molar-refractivity contribution in [1.82, 2.24) is 5.32 Å². The van der Waals surface area contributed by atoms with Gasteiger partial charge in [0.25, 0.3) is 0 Å². The largest absolute Gasteiger partial charge is 0.508 e. The third-order valence-corrected chi connectivity index (χ3v) is 5.92. The molecule has 1 aliphatic heterocycles. The van der Waals surface area contributed by atoms with E-state index >= 15 is 0 Å². The lowest BCUT2D eigenvalue weighted by atomic mass is 9.96. The van der Waals surface area contributed by atoms with E-state index < -0.39 is 9.84 Å². The van der Waals surface area contributed by atoms with Crippen LogP contribution in [0.1, 0.15) is 31.2 Å². The SMILES string of the molecule is CS(=O)(=O)c1ccc(-c2cc(O)cc(CC[C@@H]3CCCCN3)c2)cc1. The normalized spacial score (nSPS) is 18.2. The molecule has 1 atom stereocenters. The molecule has 0 radical (unpaired) electrons. The molecule has 1 saturated heterocycles. The second kappa shape index (κ2) is 7.58. The fourth-order valence-electron chi connectivity index (χ4n) is 3.39. The van der Waals surface area contributed by atoms with E-state index in [0.29, 0.717) is 10.9 Å². The Kier molecular flexibility index (Phi) is 5.45. The summed E-state index contributed by atoms with van der Waals surface area (Å²) in [6.07, 6.45) is 6.95. The van der Waals surface area contributed by atoms with E-state index in [4.69, 9.17) is 0 Å². The van der Waals surface area contributed by atoms with Gasteiger partial charge in [0.1, 0.15) is 5.75 Å². The lowest BCUT2D eigenvalue weighted by Crippen LogP contribution is -2.34. The van der Waals surface area contributed by atoms with Gasteiger partial charge in [-0.05, 0) is 73.2 Å². The Morgan fingerprint density at radius 3 is 2.48 bits per heavy atom. The smallest absolute Gasteiger partial charge is 0.175 e. The first-order valence-electron chi connectivity index (χ1n) is 8.79. The first-order chi connectivity index (χ1) is 11.9. The second-order valence-corrected chi connectivity index (χ2v) is 8.89. The van der Waals surface area contributed by atoms with Crippen LogP contribution < -0.4 is 5.32 Å². The minimum Gasteiger partial charge on any atom is -0.508 e. The van der Waals surface area contributed by atoms with Gasteiger partial charge in [0.05, 0.1) is 4.90 Å². The van der Waals surface area contributed by atoms with Crippen molar-refractivity contribution in [1.29, 1.82) is 0 Å². The van der Waals surface area contributed by atoms with E-state index in [9.17, 15) is 13.5 Å². The van der Waals surface area contributed by atoms with Gasteiger partial charge in [0.15, 0.2) is 9.84 Å². The fourth-order valence-corrected chi connectivity index (χ4v) is 4.02. The van der Waals surface area contributed by atoms with E-state index in [-0.39, 0.29) is 5.75 Å². The first kappa shape index (κ1) is 18.0. The number of phenolic OH excluding ortho intramolecular Hbond substituents is 1. The Bertz CT molecular complexity index is 823. The molecule has 2 aromatic carbocycles. The van der Waals surface area contributed by atoms with E-state index in [1.807, 2.05) is 6.07 Å². The standard InChI is InChI=1S/C20H25NO3S/c1-25(23,24)20-9-6-16(7-10-20)17-12-15(13-19(22)14-17)5-8-18-4-2-3-11-21-18/h6-7,9-10,12-14,18,21-22H,2-5,8,11H2,1H3/t18-/m0/s1. The van der Waals surface area contributed by atoms with Gasteiger partial charge < -0.3 is 10.4 Å². The van der Waals surface area contributed by atoms with Crippen molar-refractivity contribution in [3.63, 3.8) is 0 Å². The summed E-state index contributed by atoms with van der Waals surface area (Å²) >= 11 is 0. The number of aromatic hydroxyl groups is 1. The molecule has 0 unspecified atom stereocenters. The number of sulfone groups is 1. The number of rotatable bonds is 5. The summed E-state index contributed by atoms with van der Waals surface area (Å²) in [4.78, 5) is 0.306. The van der Waals surface area contributed by atoms with E-state index in [0.717, 1.165) is 36.1 Å². The Labute approximate surface area is 149 Å². The Hall–Kier alpha value is -1.85. The van der Waals surface area contributed by atoms with Gasteiger partial charge in [-0.1, -0.05) is 24.6 Å². The summed E-state index contributed by atoms with van der Waals surface area (Å²) in [5.74, 6) is 0.247. The molecule has 0 aromatic heterocycles. The molecule has 0 saturated carbocycles. The maximum atomic E-state index is 11.6. The number of piperidine rings is 1. The predicted octanol–water partition coefficient (Wildman–Crippen LogP) is 3.54. The van der Waals surface area contributed by atoms with Crippen LogP contribution in [0.25, 0.3) is 11.1 Å². The van der Waals surface area contributed by atoms with Gasteiger partial charge in [-0.3, -0.25) is 0 Å². The van der Waals surface area contributed by atoms with Crippen LogP contribution in [-0.4, -0.2) is 32.4 Å². The van der Waals surface area contributed by atoms with Crippen LogP contribution in [0.4, 0.5) is 0 Å². The molecule has 134 valence electrons. The molecule has 0 amide bonds. The summed E-state index contributed by atoms with van der Waals surface area (Å²) in [6, 6.07) is 13.0. The second-order valence-electron chi connectivity index (χ2n) is 6.87. The quantitative estimate of drug-likeness (QED) is 0.857. The summed E-state index contributed by atoms with van der Waals surface area (Å²) < 4.78 is 23.2. The molecule has 1 heterocycles. The fraction of sp³-hybridized carbons (Fsp3) is 0.400. The summed E-state index contributed by atoms with van der Waals surface area (Å²) in [7, 11) is -3.20. The maximum absolute atomic E-state index is 11.6. The van der Waals surface area contributed by atoms with E-state index in [1.54, 1.807) is 30.3 Å². The van der Waals surface area contributed by atoms with Crippen molar-refractivity contribution >= 4 is 9.84 Å². The average molecular weight is 359 g/mol. The monoisotopic (exact) mass is 359 g/mol. The molecule has 3 rings (SSSR count). The number of hydrogen-bond acceptors (Lipinski definition) is 4. The van der Waals surface area contributed by atoms with Crippen LogP contribution in [-0.2, 0) is 16.3 Å². The third kappa shape index (κ3) is 4.83. The predicted molar refractivity (Wildman–Crippen MR) is 101 cm³/mol. The van der Waals surface area contributed by atoms with Crippen LogP contribution in [0.5, 0.6) is 5.75 Å². The summed E-state index contributed by atoms with van der Waals surface area (Å²) in [6.45, 7) is 1.10. The Balaban J connectivity index is 1.76. The molecule has 1 aliphatic rings. The van der Waals surface area contributed by atoms with Crippen molar-refractivity contribution in [3.8, 4) is 16.9 Å². The summed E-state index contributed by atoms with van der Waals surface area (Å²) in [5, 5.41) is 13.6. The molecule has 5 heteroatoms. The molecule has 0 aliphatic carbocycles. The first-order valence-corrected chi connectivity index (χ1v) is 10.7. The third-order valence-electron chi connectivity index (χ3n) is 4.79. The van der Waals surface area contributed by atoms with E-state index in [2.05, 4.69) is 11.4 Å². The average Bonchev–Trinajstić information content (AvgIpc) is 2.60. The molecule has 25 heavy (non-hydrogen) atoms. The number of phenols is 1. The van der Waals surface area contributed by atoms with Crippen LogP contribution in [0.15, 0.2) is 47.4 Å². The molecule has 2 N–H and O–H groups in total. The topological polar surface area (TPSA) is 66.4 Å². The maximum Gasteiger partial charge on any atom is 0.175 e. The van der Waals surface area contributed by atoms with Gasteiger partial charge >= 0.3 is 0 Å². The zero-order chi connectivity index (χ0) is 17.9. The molecule has 2 aromatic rings. The highest BCUT2D eigenvalue weighted by Gasteiger charge is 2.13.